The van der Waals surface area contributed by atoms with Gasteiger partial charge in [0.2, 0.25) is 0 Å². The van der Waals surface area contributed by atoms with Gasteiger partial charge in [0, 0.05) is 21.1 Å². The second-order valence-corrected chi connectivity index (χ2v) is 4.08. The van der Waals surface area contributed by atoms with Crippen molar-refractivity contribution in [3.05, 3.63) is 25.8 Å². The van der Waals surface area contributed by atoms with Crippen molar-refractivity contribution in [1.82, 2.24) is 0 Å². The van der Waals surface area contributed by atoms with E-state index in [1.54, 1.807) is 0 Å². The van der Waals surface area contributed by atoms with E-state index in [9.17, 15) is 25.0 Å². The molecule has 0 unspecified atom stereocenters. The zero-order valence-electron chi connectivity index (χ0n) is 11.3. The molecule has 1 rings (SSSR count). The van der Waals surface area contributed by atoms with Crippen molar-refractivity contribution in [3.8, 4) is 0 Å². The Morgan fingerprint density at radius 3 is 1.57 bits per heavy atom. The van der Waals surface area contributed by atoms with Crippen LogP contribution in [0, 0.1) is 20.2 Å². The molecule has 1 aromatic rings. The van der Waals surface area contributed by atoms with Gasteiger partial charge in [-0.3, -0.25) is 25.0 Å². The lowest BCUT2D eigenvalue weighted by Gasteiger charge is -2.16. The van der Waals surface area contributed by atoms with Crippen LogP contribution in [0.15, 0.2) is 0 Å². The van der Waals surface area contributed by atoms with Crippen LogP contribution in [0.2, 0.25) is 0 Å². The predicted octanol–water partition coefficient (Wildman–Crippen LogP) is 2.01. The fourth-order valence-corrected chi connectivity index (χ4v) is 2.20. The van der Waals surface area contributed by atoms with Crippen molar-refractivity contribution in [1.29, 1.82) is 0 Å². The summed E-state index contributed by atoms with van der Waals surface area (Å²) in [5, 5.41) is 28.9. The summed E-state index contributed by atoms with van der Waals surface area (Å²) in [5.74, 6) is 0. The molecule has 0 aliphatic rings. The Kier molecular flexibility index (Phi) is 4.87. The van der Waals surface area contributed by atoms with Crippen LogP contribution in [-0.4, -0.2) is 36.2 Å². The monoisotopic (exact) mass is 317 g/mol. The zero-order chi connectivity index (χ0) is 16.3. The maximum atomic E-state index is 11.6. The molecule has 3 N–H and O–H groups in total. The van der Waals surface area contributed by atoms with Crippen molar-refractivity contribution in [2.24, 2.45) is 0 Å². The third-order valence-electron chi connectivity index (χ3n) is 2.76. The minimum atomic E-state index is -0.988. The lowest BCUT2D eigenvalue weighted by Crippen LogP contribution is -2.12. The Bertz CT molecular complexity index is 633. The van der Waals surface area contributed by atoms with Crippen LogP contribution in [0.3, 0.4) is 0 Å². The third-order valence-corrected chi connectivity index (χ3v) is 2.95. The van der Waals surface area contributed by atoms with E-state index in [1.807, 2.05) is 0 Å². The van der Waals surface area contributed by atoms with Crippen molar-refractivity contribution < 1.29 is 14.6 Å². The van der Waals surface area contributed by atoms with E-state index in [-0.39, 0.29) is 22.6 Å². The van der Waals surface area contributed by atoms with Gasteiger partial charge in [0.05, 0.1) is 21.1 Å². The molecule has 0 fully saturated rings. The van der Waals surface area contributed by atoms with Gasteiger partial charge in [0.1, 0.15) is 11.4 Å². The van der Waals surface area contributed by atoms with Gasteiger partial charge in [-0.15, -0.1) is 0 Å². The molecule has 0 aliphatic carbocycles. The number of anilines is 3. The standard InChI is InChI=1S/C10H12ClN5O5/c1-12-5-4(10(11)17)6(13-2)8(15(18)19)9(16(20)21)7(5)14-3/h12-14H,1-3H3. The predicted molar refractivity (Wildman–Crippen MR) is 78.6 cm³/mol. The normalized spacial score (nSPS) is 9.90. The Hall–Kier alpha value is -2.62. The van der Waals surface area contributed by atoms with Crippen molar-refractivity contribution in [3.63, 3.8) is 0 Å². The van der Waals surface area contributed by atoms with Crippen molar-refractivity contribution in [2.45, 2.75) is 0 Å². The highest BCUT2D eigenvalue weighted by Gasteiger charge is 2.39. The van der Waals surface area contributed by atoms with E-state index in [1.165, 1.54) is 21.1 Å². The van der Waals surface area contributed by atoms with Crippen LogP contribution >= 0.6 is 11.6 Å². The lowest BCUT2D eigenvalue weighted by molar-refractivity contribution is -0.421. The first-order chi connectivity index (χ1) is 9.81. The van der Waals surface area contributed by atoms with Gasteiger partial charge >= 0.3 is 11.4 Å². The molecule has 0 saturated carbocycles. The van der Waals surface area contributed by atoms with Gasteiger partial charge in [-0.25, -0.2) is 0 Å². The molecule has 0 spiro atoms. The second-order valence-electron chi connectivity index (χ2n) is 3.74. The smallest absolute Gasteiger partial charge is 0.373 e. The first-order valence-electron chi connectivity index (χ1n) is 5.57. The highest BCUT2D eigenvalue weighted by molar-refractivity contribution is 6.69. The van der Waals surface area contributed by atoms with Crippen LogP contribution in [0.5, 0.6) is 0 Å². The largest absolute Gasteiger partial charge is 0.386 e. The first kappa shape index (κ1) is 16.4. The summed E-state index contributed by atoms with van der Waals surface area (Å²) in [6.45, 7) is 0. The quantitative estimate of drug-likeness (QED) is 0.411. The SMILES string of the molecule is CNc1c(NC)c([N+](=O)[O-])c([N+](=O)[O-])c(NC)c1C(=O)Cl. The Labute approximate surface area is 123 Å². The van der Waals surface area contributed by atoms with Crippen LogP contribution in [0.4, 0.5) is 28.4 Å². The van der Waals surface area contributed by atoms with E-state index in [0.29, 0.717) is 0 Å². The molecule has 0 bridgehead atoms. The number of nitro benzene ring substituents is 2. The Balaban J connectivity index is 4.11. The molecule has 0 radical (unpaired) electrons. The summed E-state index contributed by atoms with van der Waals surface area (Å²) in [7, 11) is 4.05. The second kappa shape index (κ2) is 6.22. The van der Waals surface area contributed by atoms with Gasteiger partial charge < -0.3 is 16.0 Å². The fraction of sp³-hybridized carbons (Fsp3) is 0.300. The Morgan fingerprint density at radius 1 is 0.905 bits per heavy atom. The number of benzene rings is 1. The van der Waals surface area contributed by atoms with E-state index >= 15 is 0 Å². The average molecular weight is 318 g/mol. The molecule has 0 heterocycles. The zero-order valence-corrected chi connectivity index (χ0v) is 12.1. The van der Waals surface area contributed by atoms with Crippen molar-refractivity contribution in [2.75, 3.05) is 37.1 Å². The van der Waals surface area contributed by atoms with E-state index in [4.69, 9.17) is 11.6 Å². The van der Waals surface area contributed by atoms with Gasteiger partial charge in [-0.05, 0) is 11.6 Å². The molecule has 0 saturated heterocycles. The van der Waals surface area contributed by atoms with Crippen LogP contribution < -0.4 is 16.0 Å². The highest BCUT2D eigenvalue weighted by atomic mass is 35.5. The van der Waals surface area contributed by atoms with Crippen molar-refractivity contribution >= 4 is 45.3 Å². The number of halogens is 1. The van der Waals surface area contributed by atoms with Gasteiger partial charge in [0.15, 0.2) is 0 Å². The lowest BCUT2D eigenvalue weighted by atomic mass is 10.0. The van der Waals surface area contributed by atoms with E-state index in [0.717, 1.165) is 0 Å². The number of hydrogen-bond acceptors (Lipinski definition) is 8. The third kappa shape index (κ3) is 2.65. The number of rotatable bonds is 6. The molecule has 1 aromatic carbocycles. The first-order valence-corrected chi connectivity index (χ1v) is 5.95. The summed E-state index contributed by atoms with van der Waals surface area (Å²) in [5.41, 5.74) is -2.37. The minimum absolute atomic E-state index is 0.000787. The molecule has 10 nitrogen and oxygen atoms in total. The van der Waals surface area contributed by atoms with Crippen LogP contribution in [0.25, 0.3) is 0 Å². The molecule has 0 aromatic heterocycles. The summed E-state index contributed by atoms with van der Waals surface area (Å²) < 4.78 is 0. The fourth-order valence-electron chi connectivity index (χ4n) is 2.01. The molecule has 11 heteroatoms. The number of carbonyl (C=O) groups excluding carboxylic acids is 1. The van der Waals surface area contributed by atoms with Crippen LogP contribution in [-0.2, 0) is 0 Å². The molecule has 0 amide bonds. The number of hydrogen-bond donors (Lipinski definition) is 3. The molecule has 114 valence electrons. The number of nitrogens with one attached hydrogen (secondary N) is 3. The maximum Gasteiger partial charge on any atom is 0.373 e. The summed E-state index contributed by atoms with van der Waals surface area (Å²) >= 11 is 5.47. The average Bonchev–Trinajstić information content (AvgIpc) is 2.42. The topological polar surface area (TPSA) is 139 Å². The Morgan fingerprint density at radius 2 is 1.29 bits per heavy atom. The summed E-state index contributed by atoms with van der Waals surface area (Å²) in [6.07, 6.45) is 0. The van der Waals surface area contributed by atoms with E-state index < -0.39 is 26.5 Å². The summed E-state index contributed by atoms with van der Waals surface area (Å²) in [6, 6.07) is 0. The molecule has 0 aliphatic heterocycles. The minimum Gasteiger partial charge on any atom is -0.386 e. The van der Waals surface area contributed by atoms with Crippen LogP contribution in [0.1, 0.15) is 10.4 Å². The van der Waals surface area contributed by atoms with Gasteiger partial charge in [-0.2, -0.15) is 0 Å². The summed E-state index contributed by atoms with van der Waals surface area (Å²) in [4.78, 5) is 32.2. The molecule has 21 heavy (non-hydrogen) atoms. The molecule has 0 atom stereocenters. The number of nitro groups is 2. The maximum absolute atomic E-state index is 11.6. The molecular formula is C10H12ClN5O5. The molecular weight excluding hydrogens is 306 g/mol. The number of carbonyl (C=O) groups is 1. The van der Waals surface area contributed by atoms with Gasteiger partial charge in [-0.1, -0.05) is 0 Å². The van der Waals surface area contributed by atoms with E-state index in [2.05, 4.69) is 16.0 Å². The highest BCUT2D eigenvalue weighted by Crippen LogP contribution is 2.48. The number of nitrogens with zero attached hydrogens (tertiary/aromatic N) is 2. The van der Waals surface area contributed by atoms with Gasteiger partial charge in [0.25, 0.3) is 5.24 Å².